The molecule has 1 heterocycles. The molecule has 10 nitrogen and oxygen atoms in total. The van der Waals surface area contributed by atoms with Crippen LogP contribution in [0.1, 0.15) is 80.0 Å². The van der Waals surface area contributed by atoms with E-state index in [4.69, 9.17) is 28.9 Å². The van der Waals surface area contributed by atoms with Gasteiger partial charge in [-0.2, -0.15) is 0 Å². The summed E-state index contributed by atoms with van der Waals surface area (Å²) in [6.45, 7) is 11.1. The van der Waals surface area contributed by atoms with Crippen LogP contribution >= 0.6 is 0 Å². The summed E-state index contributed by atoms with van der Waals surface area (Å²) < 4.78 is 26.7. The number of aliphatic hydroxyl groups is 2. The fourth-order valence-electron chi connectivity index (χ4n) is 9.80. The van der Waals surface area contributed by atoms with E-state index in [-0.39, 0.29) is 50.5 Å². The van der Waals surface area contributed by atoms with E-state index in [1.54, 1.807) is 11.0 Å². The van der Waals surface area contributed by atoms with Crippen molar-refractivity contribution in [2.75, 3.05) is 33.5 Å². The molecule has 4 aromatic carbocycles. The zero-order valence-corrected chi connectivity index (χ0v) is 35.5. The molecule has 10 heteroatoms. The van der Waals surface area contributed by atoms with Crippen LogP contribution in [0.5, 0.6) is 17.2 Å². The Kier molecular flexibility index (Phi) is 13.9. The minimum atomic E-state index is -1.41. The Hall–Kier alpha value is -5.16. The second-order valence-electron chi connectivity index (χ2n) is 16.3. The lowest BCUT2D eigenvalue weighted by Crippen LogP contribution is -2.70. The fourth-order valence-corrected chi connectivity index (χ4v) is 9.80. The van der Waals surface area contributed by atoms with Crippen LogP contribution < -0.4 is 9.47 Å². The number of hydrogen-bond donors (Lipinski definition) is 2. The summed E-state index contributed by atoms with van der Waals surface area (Å²) in [6, 6.07) is 25.7. The molecule has 1 aliphatic heterocycles. The van der Waals surface area contributed by atoms with Crippen molar-refractivity contribution >= 4 is 22.6 Å². The van der Waals surface area contributed by atoms with E-state index in [0.717, 1.165) is 70.2 Å². The number of carbonyl (C=O) groups is 1. The predicted molar refractivity (Wildman–Crippen MR) is 234 cm³/mol. The summed E-state index contributed by atoms with van der Waals surface area (Å²) in [7, 11) is 1.41. The lowest BCUT2D eigenvalue weighted by atomic mass is 9.55. The fraction of sp³-hybridized carbons (Fsp3) is 0.440. The molecule has 6 unspecified atom stereocenters. The first kappa shape index (κ1) is 42.9. The normalized spacial score (nSPS) is 23.5. The van der Waals surface area contributed by atoms with Gasteiger partial charge < -0.3 is 34.0 Å². The summed E-state index contributed by atoms with van der Waals surface area (Å²) >= 11 is 0. The van der Waals surface area contributed by atoms with Gasteiger partial charge >= 0.3 is 6.09 Å². The van der Waals surface area contributed by atoms with E-state index in [9.17, 15) is 15.0 Å². The van der Waals surface area contributed by atoms with Crippen molar-refractivity contribution in [3.8, 4) is 17.2 Å². The summed E-state index contributed by atoms with van der Waals surface area (Å²) in [5, 5.41) is 26.8. The van der Waals surface area contributed by atoms with Gasteiger partial charge in [-0.15, -0.1) is 6.58 Å². The lowest BCUT2D eigenvalue weighted by molar-refractivity contribution is -0.256. The van der Waals surface area contributed by atoms with Gasteiger partial charge in [-0.3, -0.25) is 4.90 Å². The molecule has 0 spiro atoms. The van der Waals surface area contributed by atoms with Crippen molar-refractivity contribution in [2.45, 2.75) is 90.0 Å². The largest absolute Gasteiger partial charge is 0.459 e. The van der Waals surface area contributed by atoms with Gasteiger partial charge in [-0.1, -0.05) is 78.7 Å². The number of methoxy groups -OCH3 is 1. The van der Waals surface area contributed by atoms with Crippen LogP contribution in [0.3, 0.4) is 0 Å². The third-order valence-electron chi connectivity index (χ3n) is 12.7. The highest BCUT2D eigenvalue weighted by atomic mass is 16.7. The Balaban J connectivity index is 1.46. The number of aryl methyl sites for hydroxylation is 2. The Bertz CT molecular complexity index is 2190. The summed E-state index contributed by atoms with van der Waals surface area (Å²) in [5.74, 6) is 0.213. The average molecular weight is 817 g/mol. The Labute approximate surface area is 354 Å². The third-order valence-corrected chi connectivity index (χ3v) is 12.7. The third kappa shape index (κ3) is 8.69. The van der Waals surface area contributed by atoms with E-state index < -0.39 is 23.8 Å². The molecule has 0 saturated heterocycles. The molecule has 0 bridgehead atoms. The number of ether oxygens (including phenoxy) is 4. The lowest BCUT2D eigenvalue weighted by Gasteiger charge is -2.59. The molecule has 1 saturated carbocycles. The van der Waals surface area contributed by atoms with Gasteiger partial charge in [-0.05, 0) is 122 Å². The zero-order valence-electron chi connectivity index (χ0n) is 35.5. The van der Waals surface area contributed by atoms with Gasteiger partial charge in [0.05, 0.1) is 31.9 Å². The van der Waals surface area contributed by atoms with Gasteiger partial charge in [0.25, 0.3) is 0 Å². The van der Waals surface area contributed by atoms with Gasteiger partial charge in [0.2, 0.25) is 5.79 Å². The van der Waals surface area contributed by atoms with Crippen LogP contribution in [-0.4, -0.2) is 72.3 Å². The first-order chi connectivity index (χ1) is 29.3. The van der Waals surface area contributed by atoms with E-state index in [1.807, 2.05) is 49.4 Å². The average Bonchev–Trinajstić information content (AvgIpc) is 3.26. The van der Waals surface area contributed by atoms with Crippen molar-refractivity contribution in [3.05, 3.63) is 125 Å². The molecule has 0 radical (unpaired) electrons. The smallest absolute Gasteiger partial charge is 0.410 e. The Morgan fingerprint density at radius 3 is 2.45 bits per heavy atom. The second kappa shape index (κ2) is 19.5. The van der Waals surface area contributed by atoms with Gasteiger partial charge in [0.1, 0.15) is 29.9 Å². The number of unbranched alkanes of at least 4 members (excludes halogenated alkanes) is 2. The molecule has 7 rings (SSSR count). The minimum Gasteiger partial charge on any atom is -0.459 e. The number of carbonyl (C=O) groups excluding carboxylic acids is 1. The van der Waals surface area contributed by atoms with Crippen LogP contribution in [0.4, 0.5) is 4.79 Å². The van der Waals surface area contributed by atoms with E-state index in [0.29, 0.717) is 30.9 Å². The Morgan fingerprint density at radius 1 is 0.950 bits per heavy atom. The van der Waals surface area contributed by atoms with E-state index in [1.165, 1.54) is 12.7 Å². The SMILES string of the molecule is C=CCOC12Oc3ccc(Oc4ccc(C)c(C)c4)cc3C3C(CCCCO)C(CCCCO)C=C(C(=NOCC)CC1N(Cc1cccc4ccccc14)C(=O)OC)C32. The van der Waals surface area contributed by atoms with Crippen molar-refractivity contribution in [1.29, 1.82) is 0 Å². The predicted octanol–water partition coefficient (Wildman–Crippen LogP) is 10.2. The number of nitrogens with zero attached hydrogens (tertiary/aromatic N) is 2. The van der Waals surface area contributed by atoms with Crippen molar-refractivity contribution in [2.24, 2.45) is 22.9 Å². The number of oxime groups is 1. The molecule has 6 atom stereocenters. The van der Waals surface area contributed by atoms with Crippen LogP contribution in [0.15, 0.2) is 108 Å². The van der Waals surface area contributed by atoms with Crippen LogP contribution in [0, 0.1) is 31.6 Å². The van der Waals surface area contributed by atoms with Crippen LogP contribution in [0.25, 0.3) is 10.8 Å². The van der Waals surface area contributed by atoms with Gasteiger partial charge in [-0.25, -0.2) is 4.79 Å². The first-order valence-electron chi connectivity index (χ1n) is 21.5. The molecular formula is C50H60N2O8. The molecule has 4 aromatic rings. The van der Waals surface area contributed by atoms with Crippen LogP contribution in [-0.2, 0) is 20.9 Å². The molecular weight excluding hydrogens is 757 g/mol. The maximum Gasteiger partial charge on any atom is 0.410 e. The summed E-state index contributed by atoms with van der Waals surface area (Å²) in [4.78, 5) is 22.0. The number of aliphatic hydroxyl groups excluding tert-OH is 2. The van der Waals surface area contributed by atoms with Crippen LogP contribution in [0.2, 0.25) is 0 Å². The van der Waals surface area contributed by atoms with Gasteiger partial charge in [0, 0.05) is 31.1 Å². The highest BCUT2D eigenvalue weighted by Crippen LogP contribution is 2.62. The number of amides is 1. The maximum absolute atomic E-state index is 14.4. The molecule has 1 fully saturated rings. The zero-order chi connectivity index (χ0) is 42.2. The molecule has 2 aliphatic carbocycles. The number of rotatable bonds is 18. The number of allylic oxidation sites excluding steroid dienone is 1. The molecule has 1 amide bonds. The number of fused-ring (bicyclic) bond motifs is 3. The standard InChI is InChI=1S/C50H60N2O8/c1-6-27-57-50-46(52(49(55)56-5)32-37-18-14-17-35-15-8-9-19-40(35)37)31-44(51-58-7-2)42-29-36(16-10-12-25-53)41(20-11-13-26-54)47(48(42)50)43-30-39(23-24-45(43)60-50)59-38-22-21-33(3)34(4)28-38/h6,8-9,14-15,17-19,21-24,28-30,36,41,46-48,53-54H,1,7,10-13,16,20,25-27,31-32H2,2-5H3. The van der Waals surface area contributed by atoms with Crippen molar-refractivity contribution in [1.82, 2.24) is 4.90 Å². The van der Waals surface area contributed by atoms with Crippen molar-refractivity contribution in [3.63, 3.8) is 0 Å². The number of hydrogen-bond acceptors (Lipinski definition) is 9. The van der Waals surface area contributed by atoms with E-state index >= 15 is 0 Å². The molecule has 3 aliphatic rings. The number of benzene rings is 4. The molecule has 60 heavy (non-hydrogen) atoms. The Morgan fingerprint density at radius 2 is 1.70 bits per heavy atom. The highest BCUT2D eigenvalue weighted by molar-refractivity contribution is 6.03. The van der Waals surface area contributed by atoms with Crippen molar-refractivity contribution < 1.29 is 38.8 Å². The van der Waals surface area contributed by atoms with E-state index in [2.05, 4.69) is 62.9 Å². The first-order valence-corrected chi connectivity index (χ1v) is 21.5. The minimum absolute atomic E-state index is 0.0759. The van der Waals surface area contributed by atoms with Gasteiger partial charge in [0.15, 0.2) is 0 Å². The second-order valence-corrected chi connectivity index (χ2v) is 16.3. The molecule has 318 valence electrons. The summed E-state index contributed by atoms with van der Waals surface area (Å²) in [6.07, 6.45) is 8.54. The molecule has 0 aromatic heterocycles. The highest BCUT2D eigenvalue weighted by Gasteiger charge is 2.65. The monoisotopic (exact) mass is 816 g/mol. The maximum atomic E-state index is 14.4. The topological polar surface area (TPSA) is 119 Å². The molecule has 2 N–H and O–H groups in total. The summed E-state index contributed by atoms with van der Waals surface area (Å²) in [5.41, 5.74) is 5.98. The quantitative estimate of drug-likeness (QED) is 0.0579.